The maximum Gasteiger partial charge on any atom is 0.379 e. The van der Waals surface area contributed by atoms with Crippen LogP contribution in [0.25, 0.3) is 11.0 Å². The Morgan fingerprint density at radius 1 is 0.893 bits per heavy atom. The molecule has 0 atom stereocenters. The largest absolute Gasteiger partial charge is 0.449 e. The van der Waals surface area contributed by atoms with Crippen molar-refractivity contribution in [1.29, 1.82) is 0 Å². The predicted octanol–water partition coefficient (Wildman–Crippen LogP) is 5.56. The van der Waals surface area contributed by atoms with Gasteiger partial charge in [-0.15, -0.1) is 0 Å². The number of carbonyl (C=O) groups is 2. The van der Waals surface area contributed by atoms with Crippen molar-refractivity contribution in [3.63, 3.8) is 0 Å². The standard InChI is InChI=1S/C22H14ClNO4/c23-16-7-9-17(10-8-16)24-21(25)14-5-11-18(12-6-14)27-22(26)20-13-15-3-1-2-4-19(15)28-20/h1-13H,(H,24,25). The van der Waals surface area contributed by atoms with E-state index in [0.29, 0.717) is 27.6 Å². The zero-order chi connectivity index (χ0) is 19.5. The molecule has 1 heterocycles. The minimum absolute atomic E-state index is 0.116. The summed E-state index contributed by atoms with van der Waals surface area (Å²) in [5.74, 6) is -0.452. The quantitative estimate of drug-likeness (QED) is 0.365. The first kappa shape index (κ1) is 17.8. The number of furan rings is 1. The van der Waals surface area contributed by atoms with Gasteiger partial charge in [-0.05, 0) is 60.7 Å². The highest BCUT2D eigenvalue weighted by atomic mass is 35.5. The van der Waals surface area contributed by atoms with Gasteiger partial charge in [0.15, 0.2) is 0 Å². The lowest BCUT2D eigenvalue weighted by Gasteiger charge is -2.06. The number of benzene rings is 3. The summed E-state index contributed by atoms with van der Waals surface area (Å²) < 4.78 is 10.8. The fourth-order valence-electron chi connectivity index (χ4n) is 2.65. The van der Waals surface area contributed by atoms with Gasteiger partial charge < -0.3 is 14.5 Å². The number of hydrogen-bond donors (Lipinski definition) is 1. The molecule has 1 aromatic heterocycles. The molecule has 5 nitrogen and oxygen atoms in total. The van der Waals surface area contributed by atoms with Gasteiger partial charge in [-0.3, -0.25) is 4.79 Å². The van der Waals surface area contributed by atoms with Crippen molar-refractivity contribution in [2.45, 2.75) is 0 Å². The summed E-state index contributed by atoms with van der Waals surface area (Å²) in [6.07, 6.45) is 0. The van der Waals surface area contributed by atoms with Crippen LogP contribution in [0.15, 0.2) is 83.3 Å². The third-order valence-corrected chi connectivity index (χ3v) is 4.31. The third kappa shape index (κ3) is 3.89. The number of hydrogen-bond acceptors (Lipinski definition) is 4. The average molecular weight is 392 g/mol. The van der Waals surface area contributed by atoms with E-state index in [-0.39, 0.29) is 11.7 Å². The number of rotatable bonds is 4. The lowest BCUT2D eigenvalue weighted by molar-refractivity contribution is 0.0704. The molecule has 4 aromatic rings. The highest BCUT2D eigenvalue weighted by Crippen LogP contribution is 2.21. The second-order valence-electron chi connectivity index (χ2n) is 6.02. The summed E-state index contributed by atoms with van der Waals surface area (Å²) >= 11 is 5.83. The Bertz CT molecular complexity index is 1110. The van der Waals surface area contributed by atoms with Crippen LogP contribution in [0.5, 0.6) is 5.75 Å². The molecular formula is C22H14ClNO4. The molecule has 28 heavy (non-hydrogen) atoms. The van der Waals surface area contributed by atoms with E-state index in [1.165, 1.54) is 0 Å². The molecule has 4 rings (SSSR count). The number of esters is 1. The predicted molar refractivity (Wildman–Crippen MR) is 107 cm³/mol. The second-order valence-corrected chi connectivity index (χ2v) is 6.46. The van der Waals surface area contributed by atoms with Crippen LogP contribution in [0.4, 0.5) is 5.69 Å². The summed E-state index contributed by atoms with van der Waals surface area (Å²) in [5.41, 5.74) is 1.68. The number of para-hydroxylation sites is 1. The molecule has 1 N–H and O–H groups in total. The van der Waals surface area contributed by atoms with Crippen LogP contribution in [0.1, 0.15) is 20.9 Å². The molecule has 0 saturated carbocycles. The Kier molecular flexibility index (Phi) is 4.83. The lowest BCUT2D eigenvalue weighted by Crippen LogP contribution is -2.12. The SMILES string of the molecule is O=C(Nc1ccc(Cl)cc1)c1ccc(OC(=O)c2cc3ccccc3o2)cc1. The van der Waals surface area contributed by atoms with Gasteiger partial charge in [0.25, 0.3) is 5.91 Å². The van der Waals surface area contributed by atoms with Gasteiger partial charge in [0.05, 0.1) is 0 Å². The van der Waals surface area contributed by atoms with E-state index in [9.17, 15) is 9.59 Å². The normalized spacial score (nSPS) is 10.6. The molecule has 0 spiro atoms. The lowest BCUT2D eigenvalue weighted by atomic mass is 10.2. The van der Waals surface area contributed by atoms with Crippen LogP contribution in [-0.4, -0.2) is 11.9 Å². The number of halogens is 1. The zero-order valence-corrected chi connectivity index (χ0v) is 15.3. The van der Waals surface area contributed by atoms with Crippen molar-refractivity contribution in [2.24, 2.45) is 0 Å². The Balaban J connectivity index is 1.43. The fourth-order valence-corrected chi connectivity index (χ4v) is 2.78. The Morgan fingerprint density at radius 2 is 1.61 bits per heavy atom. The van der Waals surface area contributed by atoms with Crippen LogP contribution in [-0.2, 0) is 0 Å². The molecule has 0 radical (unpaired) electrons. The van der Waals surface area contributed by atoms with Crippen LogP contribution in [0.3, 0.4) is 0 Å². The summed E-state index contributed by atoms with van der Waals surface area (Å²) in [6, 6.07) is 22.0. The van der Waals surface area contributed by atoms with E-state index in [1.54, 1.807) is 60.7 Å². The van der Waals surface area contributed by atoms with Gasteiger partial charge in [0, 0.05) is 21.7 Å². The number of amides is 1. The van der Waals surface area contributed by atoms with Crippen LogP contribution in [0.2, 0.25) is 5.02 Å². The Labute approximate surface area is 165 Å². The van der Waals surface area contributed by atoms with Gasteiger partial charge in [0.2, 0.25) is 5.76 Å². The summed E-state index contributed by atoms with van der Waals surface area (Å²) in [6.45, 7) is 0. The molecule has 6 heteroatoms. The van der Waals surface area contributed by atoms with Gasteiger partial charge in [-0.1, -0.05) is 29.8 Å². The van der Waals surface area contributed by atoms with Gasteiger partial charge >= 0.3 is 5.97 Å². The monoisotopic (exact) mass is 391 g/mol. The minimum Gasteiger partial charge on any atom is -0.449 e. The van der Waals surface area contributed by atoms with Crippen LogP contribution >= 0.6 is 11.6 Å². The summed E-state index contributed by atoms with van der Waals surface area (Å²) in [4.78, 5) is 24.6. The number of nitrogens with one attached hydrogen (secondary N) is 1. The number of ether oxygens (including phenoxy) is 1. The molecule has 0 aliphatic carbocycles. The van der Waals surface area contributed by atoms with E-state index < -0.39 is 5.97 Å². The van der Waals surface area contributed by atoms with Crippen molar-refractivity contribution in [1.82, 2.24) is 0 Å². The van der Waals surface area contributed by atoms with Crippen LogP contribution in [0, 0.1) is 0 Å². The molecule has 0 saturated heterocycles. The first-order chi connectivity index (χ1) is 13.6. The van der Waals surface area contributed by atoms with Gasteiger partial charge in [-0.2, -0.15) is 0 Å². The van der Waals surface area contributed by atoms with Crippen molar-refractivity contribution in [2.75, 3.05) is 5.32 Å². The minimum atomic E-state index is -0.602. The smallest absolute Gasteiger partial charge is 0.379 e. The molecule has 138 valence electrons. The summed E-state index contributed by atoms with van der Waals surface area (Å²) in [7, 11) is 0. The van der Waals surface area contributed by atoms with Crippen LogP contribution < -0.4 is 10.1 Å². The molecule has 1 amide bonds. The molecule has 0 aliphatic heterocycles. The average Bonchev–Trinajstić information content (AvgIpc) is 3.15. The number of fused-ring (bicyclic) bond motifs is 1. The van der Waals surface area contributed by atoms with Gasteiger partial charge in [0.1, 0.15) is 11.3 Å². The van der Waals surface area contributed by atoms with E-state index in [4.69, 9.17) is 20.8 Å². The van der Waals surface area contributed by atoms with E-state index in [2.05, 4.69) is 5.32 Å². The summed E-state index contributed by atoms with van der Waals surface area (Å²) in [5, 5.41) is 4.18. The molecule has 0 aliphatic rings. The first-order valence-corrected chi connectivity index (χ1v) is 8.84. The molecule has 0 unspecified atom stereocenters. The van der Waals surface area contributed by atoms with Crippen molar-refractivity contribution in [3.05, 3.63) is 95.2 Å². The molecule has 0 fully saturated rings. The van der Waals surface area contributed by atoms with Crippen molar-refractivity contribution >= 4 is 40.1 Å². The van der Waals surface area contributed by atoms with E-state index in [0.717, 1.165) is 5.39 Å². The topological polar surface area (TPSA) is 68.5 Å². The molecule has 3 aromatic carbocycles. The highest BCUT2D eigenvalue weighted by Gasteiger charge is 2.15. The molecular weight excluding hydrogens is 378 g/mol. The second kappa shape index (κ2) is 7.58. The first-order valence-electron chi connectivity index (χ1n) is 8.46. The fraction of sp³-hybridized carbons (Fsp3) is 0. The molecule has 0 bridgehead atoms. The maximum absolute atomic E-state index is 12.3. The maximum atomic E-state index is 12.3. The van der Waals surface area contributed by atoms with Crippen molar-refractivity contribution < 1.29 is 18.7 Å². The Hall–Kier alpha value is -3.57. The van der Waals surface area contributed by atoms with E-state index >= 15 is 0 Å². The number of anilines is 1. The Morgan fingerprint density at radius 3 is 2.32 bits per heavy atom. The zero-order valence-electron chi connectivity index (χ0n) is 14.5. The highest BCUT2D eigenvalue weighted by molar-refractivity contribution is 6.30. The van der Waals surface area contributed by atoms with Crippen molar-refractivity contribution in [3.8, 4) is 5.75 Å². The number of carbonyl (C=O) groups excluding carboxylic acids is 2. The third-order valence-electron chi connectivity index (χ3n) is 4.06. The van der Waals surface area contributed by atoms with E-state index in [1.807, 2.05) is 18.2 Å². The van der Waals surface area contributed by atoms with Gasteiger partial charge in [-0.25, -0.2) is 4.79 Å².